The Labute approximate surface area is 95.1 Å². The van der Waals surface area contributed by atoms with Gasteiger partial charge in [0.15, 0.2) is 0 Å². The molecule has 0 aliphatic carbocycles. The molecule has 0 bridgehead atoms. The average Bonchev–Trinajstić information content (AvgIpc) is 2.54. The summed E-state index contributed by atoms with van der Waals surface area (Å²) >= 11 is 0. The van der Waals surface area contributed by atoms with E-state index >= 15 is 0 Å². The normalized spacial score (nSPS) is 11.6. The minimum absolute atomic E-state index is 0.0641. The molecule has 4 nitrogen and oxygen atoms in total. The second-order valence-electron chi connectivity index (χ2n) is 4.31. The molecule has 0 saturated carbocycles. The summed E-state index contributed by atoms with van der Waals surface area (Å²) < 4.78 is 2.06. The van der Waals surface area contributed by atoms with Crippen LogP contribution in [0.25, 0.3) is 5.65 Å². The smallest absolute Gasteiger partial charge is 0.137 e. The van der Waals surface area contributed by atoms with Crippen molar-refractivity contribution in [2.45, 2.75) is 20.1 Å². The van der Waals surface area contributed by atoms with Crippen LogP contribution in [0.5, 0.6) is 0 Å². The lowest BCUT2D eigenvalue weighted by atomic mass is 10.3. The summed E-state index contributed by atoms with van der Waals surface area (Å²) in [7, 11) is 4.07. The summed E-state index contributed by atoms with van der Waals surface area (Å²) in [5.74, 6) is 0. The van der Waals surface area contributed by atoms with Crippen molar-refractivity contribution in [1.82, 2.24) is 14.3 Å². The maximum atomic E-state index is 9.13. The molecule has 0 aromatic carbocycles. The summed E-state index contributed by atoms with van der Waals surface area (Å²) in [6.07, 6.45) is 1.95. The Bertz CT molecular complexity index is 502. The lowest BCUT2D eigenvalue weighted by molar-refractivity contribution is 0.281. The van der Waals surface area contributed by atoms with Gasteiger partial charge in [0.1, 0.15) is 5.65 Å². The van der Waals surface area contributed by atoms with E-state index in [4.69, 9.17) is 5.11 Å². The number of pyridine rings is 1. The maximum Gasteiger partial charge on any atom is 0.137 e. The van der Waals surface area contributed by atoms with Crippen LogP contribution < -0.4 is 0 Å². The van der Waals surface area contributed by atoms with Crippen LogP contribution >= 0.6 is 0 Å². The Hall–Kier alpha value is -1.39. The Kier molecular flexibility index (Phi) is 2.94. The molecule has 0 saturated heterocycles. The van der Waals surface area contributed by atoms with Crippen molar-refractivity contribution >= 4 is 5.65 Å². The van der Waals surface area contributed by atoms with Crippen molar-refractivity contribution in [3.8, 4) is 0 Å². The maximum absolute atomic E-state index is 9.13. The van der Waals surface area contributed by atoms with Crippen LogP contribution in [-0.4, -0.2) is 33.5 Å². The Balaban J connectivity index is 2.56. The number of fused-ring (bicyclic) bond motifs is 1. The van der Waals surface area contributed by atoms with Gasteiger partial charge in [-0.25, -0.2) is 4.98 Å². The first kappa shape index (κ1) is 11.1. The predicted molar refractivity (Wildman–Crippen MR) is 63.2 cm³/mol. The highest BCUT2D eigenvalue weighted by Gasteiger charge is 2.09. The molecule has 0 aliphatic rings. The van der Waals surface area contributed by atoms with Crippen molar-refractivity contribution in [1.29, 1.82) is 0 Å². The van der Waals surface area contributed by atoms with Crippen molar-refractivity contribution in [2.24, 2.45) is 0 Å². The Morgan fingerprint density at radius 1 is 1.38 bits per heavy atom. The summed E-state index contributed by atoms with van der Waals surface area (Å²) in [4.78, 5) is 6.61. The molecule has 2 rings (SSSR count). The molecule has 4 heteroatoms. The van der Waals surface area contributed by atoms with E-state index in [1.807, 2.05) is 39.3 Å². The van der Waals surface area contributed by atoms with Gasteiger partial charge in [-0.1, -0.05) is 6.07 Å². The molecule has 0 atom stereocenters. The molecule has 2 heterocycles. The molecule has 0 amide bonds. The van der Waals surface area contributed by atoms with E-state index in [1.165, 1.54) is 5.69 Å². The van der Waals surface area contributed by atoms with Gasteiger partial charge in [0.25, 0.3) is 0 Å². The van der Waals surface area contributed by atoms with E-state index in [9.17, 15) is 0 Å². The molecule has 1 N–H and O–H groups in total. The number of nitrogens with zero attached hydrogens (tertiary/aromatic N) is 3. The number of aliphatic hydroxyl groups is 1. The quantitative estimate of drug-likeness (QED) is 0.843. The van der Waals surface area contributed by atoms with E-state index in [0.29, 0.717) is 0 Å². The van der Waals surface area contributed by atoms with E-state index in [-0.39, 0.29) is 6.61 Å². The lowest BCUT2D eigenvalue weighted by Crippen LogP contribution is -2.13. The van der Waals surface area contributed by atoms with Gasteiger partial charge in [0, 0.05) is 12.7 Å². The van der Waals surface area contributed by atoms with Gasteiger partial charge in [0.2, 0.25) is 0 Å². The molecule has 0 aliphatic heterocycles. The average molecular weight is 219 g/mol. The van der Waals surface area contributed by atoms with Gasteiger partial charge >= 0.3 is 0 Å². The second-order valence-corrected chi connectivity index (χ2v) is 4.31. The first-order valence-corrected chi connectivity index (χ1v) is 5.34. The zero-order valence-electron chi connectivity index (χ0n) is 9.94. The van der Waals surface area contributed by atoms with Crippen LogP contribution in [0.15, 0.2) is 18.3 Å². The number of rotatable bonds is 3. The van der Waals surface area contributed by atoms with Gasteiger partial charge in [-0.05, 0) is 32.6 Å². The van der Waals surface area contributed by atoms with Crippen molar-refractivity contribution < 1.29 is 5.11 Å². The second kappa shape index (κ2) is 4.23. The number of hydrogen-bond acceptors (Lipinski definition) is 3. The van der Waals surface area contributed by atoms with E-state index in [2.05, 4.69) is 14.3 Å². The third kappa shape index (κ3) is 1.94. The lowest BCUT2D eigenvalue weighted by Gasteiger charge is -2.10. The van der Waals surface area contributed by atoms with Gasteiger partial charge in [-0.3, -0.25) is 0 Å². The first-order chi connectivity index (χ1) is 7.61. The third-order valence-electron chi connectivity index (χ3n) is 2.63. The standard InChI is InChI=1S/C12H17N3O/c1-9-11(7-14(2)3)15-6-10(8-16)4-5-12(15)13-9/h4-6,16H,7-8H2,1-3H3. The summed E-state index contributed by atoms with van der Waals surface area (Å²) in [6, 6.07) is 3.85. The van der Waals surface area contributed by atoms with Gasteiger partial charge in [-0.15, -0.1) is 0 Å². The van der Waals surface area contributed by atoms with Crippen molar-refractivity contribution in [2.75, 3.05) is 14.1 Å². The minimum atomic E-state index is 0.0641. The SMILES string of the molecule is Cc1nc2ccc(CO)cn2c1CN(C)C. The van der Waals surface area contributed by atoms with E-state index in [0.717, 1.165) is 23.4 Å². The molecule has 0 unspecified atom stereocenters. The molecule has 0 radical (unpaired) electrons. The van der Waals surface area contributed by atoms with Crippen LogP contribution in [0.4, 0.5) is 0 Å². The Morgan fingerprint density at radius 3 is 2.75 bits per heavy atom. The van der Waals surface area contributed by atoms with Crippen molar-refractivity contribution in [3.05, 3.63) is 35.3 Å². The van der Waals surface area contributed by atoms with Crippen LogP contribution in [-0.2, 0) is 13.2 Å². The van der Waals surface area contributed by atoms with Gasteiger partial charge < -0.3 is 14.4 Å². The predicted octanol–water partition coefficient (Wildman–Crippen LogP) is 1.20. The van der Waals surface area contributed by atoms with Crippen LogP contribution in [0.1, 0.15) is 17.0 Å². The fourth-order valence-electron chi connectivity index (χ4n) is 1.84. The highest BCUT2D eigenvalue weighted by atomic mass is 16.3. The summed E-state index contributed by atoms with van der Waals surface area (Å²) in [5.41, 5.74) is 4.07. The number of hydrogen-bond donors (Lipinski definition) is 1. The van der Waals surface area contributed by atoms with Gasteiger partial charge in [0.05, 0.1) is 18.0 Å². The summed E-state index contributed by atoms with van der Waals surface area (Å²) in [5, 5.41) is 9.13. The monoisotopic (exact) mass is 219 g/mol. The zero-order chi connectivity index (χ0) is 11.7. The number of aromatic nitrogens is 2. The molecular formula is C12H17N3O. The summed E-state index contributed by atoms with van der Waals surface area (Å²) in [6.45, 7) is 2.93. The topological polar surface area (TPSA) is 40.8 Å². The van der Waals surface area contributed by atoms with Crippen molar-refractivity contribution in [3.63, 3.8) is 0 Å². The van der Waals surface area contributed by atoms with E-state index in [1.54, 1.807) is 0 Å². The zero-order valence-corrected chi connectivity index (χ0v) is 9.94. The van der Waals surface area contributed by atoms with Crippen LogP contribution in [0.3, 0.4) is 0 Å². The molecular weight excluding hydrogens is 202 g/mol. The highest BCUT2D eigenvalue weighted by Crippen LogP contribution is 2.14. The first-order valence-electron chi connectivity index (χ1n) is 5.34. The molecule has 86 valence electrons. The fourth-order valence-corrected chi connectivity index (χ4v) is 1.84. The highest BCUT2D eigenvalue weighted by molar-refractivity contribution is 5.44. The van der Waals surface area contributed by atoms with Gasteiger partial charge in [-0.2, -0.15) is 0 Å². The largest absolute Gasteiger partial charge is 0.392 e. The number of imidazole rings is 1. The fraction of sp³-hybridized carbons (Fsp3) is 0.417. The molecule has 16 heavy (non-hydrogen) atoms. The molecule has 2 aromatic heterocycles. The molecule has 0 spiro atoms. The molecule has 0 fully saturated rings. The third-order valence-corrected chi connectivity index (χ3v) is 2.63. The van der Waals surface area contributed by atoms with E-state index < -0.39 is 0 Å². The van der Waals surface area contributed by atoms with Crippen LogP contribution in [0, 0.1) is 6.92 Å². The number of aryl methyl sites for hydroxylation is 1. The minimum Gasteiger partial charge on any atom is -0.392 e. The number of aliphatic hydroxyl groups excluding tert-OH is 1. The Morgan fingerprint density at radius 2 is 2.12 bits per heavy atom. The molecule has 2 aromatic rings. The van der Waals surface area contributed by atoms with Crippen LogP contribution in [0.2, 0.25) is 0 Å².